The van der Waals surface area contributed by atoms with E-state index in [0.717, 1.165) is 30.3 Å². The summed E-state index contributed by atoms with van der Waals surface area (Å²) in [4.78, 5) is 23.0. The summed E-state index contributed by atoms with van der Waals surface area (Å²) in [5.41, 5.74) is 0.969. The van der Waals surface area contributed by atoms with Crippen LogP contribution in [0, 0.1) is 5.92 Å². The van der Waals surface area contributed by atoms with Gasteiger partial charge in [0.1, 0.15) is 11.6 Å². The highest BCUT2D eigenvalue weighted by Gasteiger charge is 2.31. The molecule has 2 heterocycles. The first-order valence-electron chi connectivity index (χ1n) is 8.05. The Morgan fingerprint density at radius 1 is 1.26 bits per heavy atom. The van der Waals surface area contributed by atoms with Gasteiger partial charge in [-0.05, 0) is 38.0 Å². The van der Waals surface area contributed by atoms with Crippen molar-refractivity contribution in [3.05, 3.63) is 48.4 Å². The number of carbonyl (C=O) groups is 1. The van der Waals surface area contributed by atoms with Crippen molar-refractivity contribution in [3.8, 4) is 0 Å². The molecular weight excluding hydrogens is 288 g/mol. The van der Waals surface area contributed by atoms with Crippen LogP contribution in [0.15, 0.2) is 42.6 Å². The second-order valence-corrected chi connectivity index (χ2v) is 6.27. The predicted octanol–water partition coefficient (Wildman–Crippen LogP) is 2.89. The van der Waals surface area contributed by atoms with Crippen LogP contribution < -0.4 is 10.2 Å². The summed E-state index contributed by atoms with van der Waals surface area (Å²) in [6, 6.07) is 12.0. The molecule has 0 saturated carbocycles. The number of nitrogens with zero attached hydrogens (tertiary/aromatic N) is 3. The van der Waals surface area contributed by atoms with Crippen LogP contribution in [-0.2, 0) is 11.2 Å². The summed E-state index contributed by atoms with van der Waals surface area (Å²) < 4.78 is 0. The Kier molecular flexibility index (Phi) is 4.55. The van der Waals surface area contributed by atoms with E-state index >= 15 is 0 Å². The molecule has 23 heavy (non-hydrogen) atoms. The van der Waals surface area contributed by atoms with Gasteiger partial charge in [-0.15, -0.1) is 0 Å². The van der Waals surface area contributed by atoms with Crippen molar-refractivity contribution in [1.29, 1.82) is 0 Å². The van der Waals surface area contributed by atoms with Crippen molar-refractivity contribution in [2.45, 2.75) is 32.7 Å². The summed E-state index contributed by atoms with van der Waals surface area (Å²) in [7, 11) is 0. The summed E-state index contributed by atoms with van der Waals surface area (Å²) >= 11 is 0. The Labute approximate surface area is 136 Å². The van der Waals surface area contributed by atoms with Crippen molar-refractivity contribution < 1.29 is 4.79 Å². The van der Waals surface area contributed by atoms with Gasteiger partial charge in [-0.3, -0.25) is 4.79 Å². The van der Waals surface area contributed by atoms with Gasteiger partial charge in [-0.25, -0.2) is 9.97 Å². The third kappa shape index (κ3) is 3.86. The topological polar surface area (TPSA) is 58.1 Å². The number of nitrogens with one attached hydrogen (secondary N) is 1. The first-order chi connectivity index (χ1) is 11.1. The molecule has 1 aliphatic heterocycles. The average molecular weight is 310 g/mol. The minimum atomic E-state index is 0.178. The lowest BCUT2D eigenvalue weighted by Gasteiger charge is -2.16. The number of benzene rings is 1. The average Bonchev–Trinajstić information content (AvgIpc) is 2.88. The molecule has 3 rings (SSSR count). The van der Waals surface area contributed by atoms with Gasteiger partial charge in [0, 0.05) is 37.3 Å². The molecule has 5 heteroatoms. The fraction of sp³-hybridized carbons (Fsp3) is 0.389. The van der Waals surface area contributed by atoms with Gasteiger partial charge in [0.2, 0.25) is 5.91 Å². The Morgan fingerprint density at radius 3 is 2.78 bits per heavy atom. The number of hydrogen-bond donors (Lipinski definition) is 1. The zero-order valence-electron chi connectivity index (χ0n) is 13.6. The molecule has 0 radical (unpaired) electrons. The Bertz CT molecular complexity index is 672. The van der Waals surface area contributed by atoms with Gasteiger partial charge in [-0.2, -0.15) is 0 Å². The van der Waals surface area contributed by atoms with Crippen molar-refractivity contribution in [2.75, 3.05) is 16.8 Å². The van der Waals surface area contributed by atoms with Crippen LogP contribution in [-0.4, -0.2) is 28.5 Å². The number of anilines is 2. The lowest BCUT2D eigenvalue weighted by atomic mass is 10.0. The molecule has 1 saturated heterocycles. The minimum Gasteiger partial charge on any atom is -0.368 e. The molecule has 120 valence electrons. The monoisotopic (exact) mass is 310 g/mol. The minimum absolute atomic E-state index is 0.178. The number of rotatable bonds is 5. The standard InChI is InChI=1S/C18H22N4O/c1-13(2)20-16-8-9-19-17(21-16)10-14-11-18(23)22(12-14)15-6-4-3-5-7-15/h3-9,13-14H,10-12H2,1-2H3,(H,19,20,21)/t14-/m0/s1. The molecule has 0 unspecified atom stereocenters. The molecule has 1 amide bonds. The van der Waals surface area contributed by atoms with Crippen molar-refractivity contribution in [3.63, 3.8) is 0 Å². The smallest absolute Gasteiger partial charge is 0.227 e. The molecule has 1 atom stereocenters. The first kappa shape index (κ1) is 15.5. The highest BCUT2D eigenvalue weighted by molar-refractivity contribution is 5.95. The molecule has 0 aliphatic carbocycles. The quantitative estimate of drug-likeness (QED) is 0.922. The van der Waals surface area contributed by atoms with E-state index in [9.17, 15) is 4.79 Å². The van der Waals surface area contributed by atoms with E-state index in [1.165, 1.54) is 0 Å². The normalized spacial score (nSPS) is 17.8. The number of amides is 1. The molecule has 1 N–H and O–H groups in total. The summed E-state index contributed by atoms with van der Waals surface area (Å²) in [5.74, 6) is 2.08. The number of hydrogen-bond acceptors (Lipinski definition) is 4. The third-order valence-electron chi connectivity index (χ3n) is 3.89. The zero-order chi connectivity index (χ0) is 16.2. The maximum atomic E-state index is 12.3. The van der Waals surface area contributed by atoms with E-state index in [0.29, 0.717) is 12.5 Å². The lowest BCUT2D eigenvalue weighted by Crippen LogP contribution is -2.24. The van der Waals surface area contributed by atoms with Crippen molar-refractivity contribution in [1.82, 2.24) is 9.97 Å². The van der Waals surface area contributed by atoms with Crippen molar-refractivity contribution >= 4 is 17.4 Å². The SMILES string of the molecule is CC(C)Nc1ccnc(C[C@H]2CC(=O)N(c3ccccc3)C2)n1. The van der Waals surface area contributed by atoms with Crippen LogP contribution in [0.3, 0.4) is 0 Å². The van der Waals surface area contributed by atoms with E-state index in [1.807, 2.05) is 41.3 Å². The molecule has 1 fully saturated rings. The van der Waals surface area contributed by atoms with Crippen LogP contribution in [0.4, 0.5) is 11.5 Å². The predicted molar refractivity (Wildman–Crippen MR) is 91.4 cm³/mol. The van der Waals surface area contributed by atoms with Gasteiger partial charge in [-0.1, -0.05) is 18.2 Å². The maximum Gasteiger partial charge on any atom is 0.227 e. The van der Waals surface area contributed by atoms with E-state index in [-0.39, 0.29) is 11.8 Å². The third-order valence-corrected chi connectivity index (χ3v) is 3.89. The van der Waals surface area contributed by atoms with E-state index < -0.39 is 0 Å². The van der Waals surface area contributed by atoms with Crippen molar-refractivity contribution in [2.24, 2.45) is 5.92 Å². The van der Waals surface area contributed by atoms with Gasteiger partial charge in [0.15, 0.2) is 0 Å². The Morgan fingerprint density at radius 2 is 2.04 bits per heavy atom. The number of carbonyl (C=O) groups excluding carboxylic acids is 1. The van der Waals surface area contributed by atoms with Crippen LogP contribution in [0.2, 0.25) is 0 Å². The van der Waals surface area contributed by atoms with Crippen LogP contribution in [0.25, 0.3) is 0 Å². The largest absolute Gasteiger partial charge is 0.368 e. The molecule has 2 aromatic rings. The highest BCUT2D eigenvalue weighted by atomic mass is 16.2. The Balaban J connectivity index is 1.67. The van der Waals surface area contributed by atoms with E-state index in [4.69, 9.17) is 0 Å². The Hall–Kier alpha value is -2.43. The molecule has 1 aliphatic rings. The lowest BCUT2D eigenvalue weighted by molar-refractivity contribution is -0.117. The maximum absolute atomic E-state index is 12.3. The van der Waals surface area contributed by atoms with Crippen LogP contribution >= 0.6 is 0 Å². The van der Waals surface area contributed by atoms with E-state index in [2.05, 4.69) is 29.1 Å². The molecular formula is C18H22N4O. The van der Waals surface area contributed by atoms with Gasteiger partial charge in [0.25, 0.3) is 0 Å². The molecule has 5 nitrogen and oxygen atoms in total. The number of aromatic nitrogens is 2. The van der Waals surface area contributed by atoms with Gasteiger partial charge >= 0.3 is 0 Å². The molecule has 1 aromatic carbocycles. The van der Waals surface area contributed by atoms with E-state index in [1.54, 1.807) is 6.20 Å². The molecule has 1 aromatic heterocycles. The fourth-order valence-corrected chi connectivity index (χ4v) is 2.91. The van der Waals surface area contributed by atoms with Gasteiger partial charge < -0.3 is 10.2 Å². The fourth-order valence-electron chi connectivity index (χ4n) is 2.91. The molecule has 0 spiro atoms. The second kappa shape index (κ2) is 6.77. The van der Waals surface area contributed by atoms with Crippen LogP contribution in [0.5, 0.6) is 0 Å². The van der Waals surface area contributed by atoms with Crippen LogP contribution in [0.1, 0.15) is 26.1 Å². The summed E-state index contributed by atoms with van der Waals surface area (Å²) in [5, 5.41) is 3.28. The van der Waals surface area contributed by atoms with Gasteiger partial charge in [0.05, 0.1) is 0 Å². The first-order valence-corrected chi connectivity index (χ1v) is 8.05. The zero-order valence-corrected chi connectivity index (χ0v) is 13.6. The molecule has 0 bridgehead atoms. The second-order valence-electron chi connectivity index (χ2n) is 6.27. The summed E-state index contributed by atoms with van der Waals surface area (Å²) in [6.45, 7) is 4.89. The highest BCUT2D eigenvalue weighted by Crippen LogP contribution is 2.26. The summed E-state index contributed by atoms with van der Waals surface area (Å²) in [6.07, 6.45) is 3.06. The number of para-hydroxylation sites is 1.